The molecule has 0 aliphatic rings. The first kappa shape index (κ1) is 92.2. The first-order valence-electron chi connectivity index (χ1n) is 34.2. The van der Waals surface area contributed by atoms with E-state index >= 15 is 0 Å². The third-order valence-corrected chi connectivity index (χ3v) is 12.4. The van der Waals surface area contributed by atoms with Gasteiger partial charge in [-0.2, -0.15) is 0 Å². The van der Waals surface area contributed by atoms with Gasteiger partial charge in [0.25, 0.3) is 0 Å². The van der Waals surface area contributed by atoms with E-state index in [4.69, 9.17) is 47.4 Å². The van der Waals surface area contributed by atoms with Gasteiger partial charge in [-0.1, -0.05) is 102 Å². The van der Waals surface area contributed by atoms with Gasteiger partial charge in [-0.25, -0.2) is 0 Å². The Bertz CT molecular complexity index is 1020. The molecular weight excluding hydrogens is 1050 g/mol. The Hall–Kier alpha value is -0.520. The van der Waals surface area contributed by atoms with E-state index in [1.165, 1.54) is 38.5 Å². The largest absolute Gasteiger partial charge is 0.378 e. The number of nitrogens with one attached hydrogen (secondary N) is 3. The lowest BCUT2D eigenvalue weighted by atomic mass is 9.97. The van der Waals surface area contributed by atoms with Crippen LogP contribution in [0, 0.1) is 41.4 Å². The molecule has 0 rings (SSSR count). The van der Waals surface area contributed by atoms with Gasteiger partial charge < -0.3 is 63.3 Å². The van der Waals surface area contributed by atoms with Gasteiger partial charge in [0.1, 0.15) is 5.60 Å². The van der Waals surface area contributed by atoms with Gasteiger partial charge in [0.2, 0.25) is 0 Å². The minimum atomic E-state index is -0.549. The summed E-state index contributed by atoms with van der Waals surface area (Å²) in [5, 5.41) is 10.6. The van der Waals surface area contributed by atoms with Crippen LogP contribution < -0.4 is 16.0 Å². The summed E-state index contributed by atoms with van der Waals surface area (Å²) in [7, 11) is 0. The van der Waals surface area contributed by atoms with Crippen LogP contribution in [-0.4, -0.2) is 164 Å². The Morgan fingerprint density at radius 3 is 0.667 bits per heavy atom. The molecule has 0 aromatic heterocycles. The highest BCUT2D eigenvalue weighted by atomic mass is 16.6. The topological polar surface area (TPSA) is 128 Å². The van der Waals surface area contributed by atoms with Crippen LogP contribution in [0.1, 0.15) is 260 Å². The summed E-state index contributed by atoms with van der Waals surface area (Å²) in [5.74, 6) is 4.68. The van der Waals surface area contributed by atoms with E-state index in [1.54, 1.807) is 0 Å². The van der Waals surface area contributed by atoms with Crippen molar-refractivity contribution >= 4 is 0 Å². The lowest BCUT2D eigenvalue weighted by Gasteiger charge is -2.36. The van der Waals surface area contributed by atoms with Crippen LogP contribution in [0.15, 0.2) is 0 Å². The molecule has 0 aliphatic carbocycles. The van der Waals surface area contributed by atoms with Crippen molar-refractivity contribution in [2.24, 2.45) is 41.4 Å². The number of ether oxygens (including phenoxy) is 10. The zero-order valence-corrected chi connectivity index (χ0v) is 62.4. The molecule has 84 heavy (non-hydrogen) atoms. The van der Waals surface area contributed by atoms with E-state index in [2.05, 4.69) is 141 Å². The van der Waals surface area contributed by atoms with Gasteiger partial charge in [-0.15, -0.1) is 0 Å². The lowest BCUT2D eigenvalue weighted by molar-refractivity contribution is -0.198. The van der Waals surface area contributed by atoms with Crippen molar-refractivity contribution < 1.29 is 47.4 Å². The molecule has 0 aromatic carbocycles. The fraction of sp³-hybridized carbons (Fsp3) is 1.00. The van der Waals surface area contributed by atoms with Crippen LogP contribution in [0.5, 0.6) is 0 Å². The Morgan fingerprint density at radius 1 is 0.226 bits per heavy atom. The molecule has 0 fully saturated rings. The van der Waals surface area contributed by atoms with E-state index < -0.39 is 5.60 Å². The summed E-state index contributed by atoms with van der Waals surface area (Å²) in [6, 6.07) is 1.77. The van der Waals surface area contributed by atoms with Crippen LogP contribution in [-0.2, 0) is 47.4 Å². The maximum atomic E-state index is 6.11. The molecule has 3 N–H and O–H groups in total. The van der Waals surface area contributed by atoms with E-state index in [-0.39, 0.29) is 42.7 Å². The molecule has 1 unspecified atom stereocenters. The molecule has 1 atom stereocenters. The molecule has 514 valence electrons. The monoisotopic (exact) mass is 1210 g/mol. The van der Waals surface area contributed by atoms with E-state index in [0.717, 1.165) is 63.1 Å². The second kappa shape index (κ2) is 58.8. The van der Waals surface area contributed by atoms with Crippen LogP contribution in [0.25, 0.3) is 0 Å². The molecule has 0 aliphatic heterocycles. The maximum absolute atomic E-state index is 6.11. The average molecular weight is 1210 g/mol. The quantitative estimate of drug-likeness (QED) is 0.0535. The zero-order chi connectivity index (χ0) is 66.0. The molecule has 0 heterocycles. The van der Waals surface area contributed by atoms with Gasteiger partial charge in [0, 0.05) is 36.5 Å². The molecule has 0 aromatic rings. The third kappa shape index (κ3) is 77.6. The highest BCUT2D eigenvalue weighted by Crippen LogP contribution is 2.20. The normalized spacial score (nSPS) is 12.9. The Kier molecular flexibility index (Phi) is 64.6. The van der Waals surface area contributed by atoms with Crippen molar-refractivity contribution in [3.8, 4) is 0 Å². The van der Waals surface area contributed by atoms with Crippen LogP contribution >= 0.6 is 0 Å². The maximum Gasteiger partial charge on any atom is 0.138 e. The van der Waals surface area contributed by atoms with Gasteiger partial charge in [-0.05, 0) is 200 Å². The van der Waals surface area contributed by atoms with E-state index in [9.17, 15) is 0 Å². The molecule has 0 saturated heterocycles. The Labute approximate surface area is 526 Å². The minimum Gasteiger partial charge on any atom is -0.378 e. The average Bonchev–Trinajstić information content (AvgIpc) is 3.35. The minimum absolute atomic E-state index is 0.0947. The van der Waals surface area contributed by atoms with Crippen molar-refractivity contribution in [3.63, 3.8) is 0 Å². The summed E-state index contributed by atoms with van der Waals surface area (Å²) in [6.45, 7) is 77.5. The van der Waals surface area contributed by atoms with Gasteiger partial charge >= 0.3 is 0 Å². The fourth-order valence-electron chi connectivity index (χ4n) is 7.45. The Morgan fingerprint density at radius 2 is 0.440 bits per heavy atom. The van der Waals surface area contributed by atoms with Crippen LogP contribution in [0.3, 0.4) is 0 Å². The predicted octanol–water partition coefficient (Wildman–Crippen LogP) is 16.7. The molecule has 0 saturated carbocycles. The number of hydrogen-bond donors (Lipinski definition) is 3. The highest BCUT2D eigenvalue weighted by Gasteiger charge is 2.35. The van der Waals surface area contributed by atoms with Crippen molar-refractivity contribution in [3.05, 3.63) is 0 Å². The molecule has 0 radical (unpaired) electrons. The second-order valence-electron chi connectivity index (χ2n) is 28.8. The Balaban J connectivity index is -0.000000311. The fourth-order valence-corrected chi connectivity index (χ4v) is 7.45. The van der Waals surface area contributed by atoms with E-state index in [0.29, 0.717) is 93.8 Å². The van der Waals surface area contributed by atoms with Crippen LogP contribution in [0.4, 0.5) is 0 Å². The lowest BCUT2D eigenvalue weighted by Crippen LogP contribution is -2.50. The van der Waals surface area contributed by atoms with E-state index in [1.807, 2.05) is 96.9 Å². The molecule has 13 nitrogen and oxygen atoms in total. The number of rotatable bonds is 47. The first-order valence-corrected chi connectivity index (χ1v) is 34.2. The van der Waals surface area contributed by atoms with Crippen molar-refractivity contribution in [1.29, 1.82) is 0 Å². The third-order valence-electron chi connectivity index (χ3n) is 12.4. The first-order chi connectivity index (χ1) is 38.8. The summed E-state index contributed by atoms with van der Waals surface area (Å²) in [4.78, 5) is 0. The number of hydrogen-bond acceptors (Lipinski definition) is 13. The zero-order valence-electron chi connectivity index (χ0n) is 62.4. The SMILES string of the molecule is CC(C)CCC(CNC(C)C)CNC(C)C.CC(C)CCC(CNC(C)C)COC(C)C.CC(C)CCC(COC(C)C)COC(C)C.CC(C)OCC(COC(C)C)(COC(C)C)OC(C)C.CC(C)OCC(COC(C)C)COC(C)C. The van der Waals surface area contributed by atoms with Crippen molar-refractivity contribution in [2.75, 3.05) is 79.1 Å². The summed E-state index contributed by atoms with van der Waals surface area (Å²) >= 11 is 0. The van der Waals surface area contributed by atoms with Crippen molar-refractivity contribution in [2.45, 2.75) is 345 Å². The summed E-state index contributed by atoms with van der Waals surface area (Å²) in [6.07, 6.45) is 10.0. The van der Waals surface area contributed by atoms with Gasteiger partial charge in [0.15, 0.2) is 0 Å². The smallest absolute Gasteiger partial charge is 0.138 e. The predicted molar refractivity (Wildman–Crippen MR) is 364 cm³/mol. The molecule has 0 amide bonds. The van der Waals surface area contributed by atoms with Crippen LogP contribution in [0.2, 0.25) is 0 Å². The molecular formula is C71H155N3O10. The molecule has 13 heteroatoms. The molecule has 0 spiro atoms. The summed E-state index contributed by atoms with van der Waals surface area (Å²) < 4.78 is 57.4. The van der Waals surface area contributed by atoms with Gasteiger partial charge in [-0.3, -0.25) is 0 Å². The van der Waals surface area contributed by atoms with Crippen molar-refractivity contribution in [1.82, 2.24) is 16.0 Å². The summed E-state index contributed by atoms with van der Waals surface area (Å²) in [5.41, 5.74) is -0.549. The molecule has 0 bridgehead atoms. The standard InChI is InChI=1S/C16H34O4.C14H32N2.C14H31NO.C14H30O2.C13H28O3/c1-12(2)17-9-16(20-15(7)8,10-18-13(3)4)11-19-14(5)6;3*1-11(2)7-8-14(9-15-12(3)4)10-16-13(5)6;1-10(2)14-7-13(8-15-11(3)4)9-16-12(5)6/h12-15H,9-11H2,1-8H3;11-16H,7-10H2,1-6H3;11-15H,7-10H2,1-6H3;11-14H,7-10H2,1-6H3;10-13H,7-9H2,1-6H3. The van der Waals surface area contributed by atoms with Gasteiger partial charge in [0.05, 0.1) is 121 Å². The highest BCUT2D eigenvalue weighted by molar-refractivity contribution is 4.83. The second-order valence-corrected chi connectivity index (χ2v) is 28.8.